The Morgan fingerprint density at radius 1 is 1.36 bits per heavy atom. The topological polar surface area (TPSA) is 67.6 Å². The summed E-state index contributed by atoms with van der Waals surface area (Å²) in [5.41, 5.74) is 2.47. The predicted octanol–water partition coefficient (Wildman–Crippen LogP) is 3.87. The maximum atomic E-state index is 11.2. The SMILES string of the molecule is CN(C(=O)O)c1ccc2c(c1)nc(C(C)(C)C)n2CC1CCOCC1. The fraction of sp³-hybridized carbons (Fsp3) is 0.579. The van der Waals surface area contributed by atoms with Crippen LogP contribution in [0.15, 0.2) is 18.2 Å². The zero-order valence-corrected chi connectivity index (χ0v) is 15.5. The summed E-state index contributed by atoms with van der Waals surface area (Å²) in [6, 6.07) is 5.70. The largest absolute Gasteiger partial charge is 0.465 e. The van der Waals surface area contributed by atoms with Crippen LogP contribution >= 0.6 is 0 Å². The molecule has 136 valence electrons. The van der Waals surface area contributed by atoms with Gasteiger partial charge in [-0.2, -0.15) is 0 Å². The molecule has 0 atom stereocenters. The lowest BCUT2D eigenvalue weighted by Crippen LogP contribution is -2.25. The van der Waals surface area contributed by atoms with Crippen LogP contribution < -0.4 is 4.90 Å². The molecule has 1 aliphatic heterocycles. The number of imidazole rings is 1. The van der Waals surface area contributed by atoms with Crippen LogP contribution in [0.25, 0.3) is 11.0 Å². The maximum absolute atomic E-state index is 11.2. The molecule has 1 aliphatic rings. The molecular weight excluding hydrogens is 318 g/mol. The van der Waals surface area contributed by atoms with Gasteiger partial charge >= 0.3 is 6.09 Å². The van der Waals surface area contributed by atoms with Crippen molar-refractivity contribution in [3.05, 3.63) is 24.0 Å². The van der Waals surface area contributed by atoms with E-state index in [9.17, 15) is 9.90 Å². The lowest BCUT2D eigenvalue weighted by atomic mass is 9.94. The molecule has 6 nitrogen and oxygen atoms in total. The van der Waals surface area contributed by atoms with Crippen LogP contribution in [0, 0.1) is 5.92 Å². The van der Waals surface area contributed by atoms with Crippen LogP contribution in [0.3, 0.4) is 0 Å². The molecule has 1 aromatic heterocycles. The third-order valence-electron chi connectivity index (χ3n) is 4.86. The summed E-state index contributed by atoms with van der Waals surface area (Å²) in [6.07, 6.45) is 1.17. The molecule has 0 bridgehead atoms. The van der Waals surface area contributed by atoms with Crippen LogP contribution in [0.5, 0.6) is 0 Å². The predicted molar refractivity (Wildman–Crippen MR) is 98.4 cm³/mol. The van der Waals surface area contributed by atoms with Crippen molar-refractivity contribution in [3.63, 3.8) is 0 Å². The third kappa shape index (κ3) is 3.63. The van der Waals surface area contributed by atoms with Crippen molar-refractivity contribution in [3.8, 4) is 0 Å². The van der Waals surface area contributed by atoms with E-state index in [1.54, 1.807) is 7.05 Å². The van der Waals surface area contributed by atoms with Crippen LogP contribution in [-0.2, 0) is 16.7 Å². The van der Waals surface area contributed by atoms with Crippen LogP contribution in [0.4, 0.5) is 10.5 Å². The molecule has 0 saturated carbocycles. The van der Waals surface area contributed by atoms with E-state index in [4.69, 9.17) is 9.72 Å². The van der Waals surface area contributed by atoms with Crippen molar-refractivity contribution in [2.45, 2.75) is 45.6 Å². The number of amides is 1. The average Bonchev–Trinajstić information content (AvgIpc) is 2.93. The highest BCUT2D eigenvalue weighted by atomic mass is 16.5. The first-order valence-electron chi connectivity index (χ1n) is 8.82. The van der Waals surface area contributed by atoms with E-state index in [1.807, 2.05) is 18.2 Å². The zero-order chi connectivity index (χ0) is 18.2. The van der Waals surface area contributed by atoms with Crippen molar-refractivity contribution in [1.29, 1.82) is 0 Å². The second kappa shape index (κ2) is 6.67. The minimum atomic E-state index is -0.975. The van der Waals surface area contributed by atoms with Gasteiger partial charge in [-0.1, -0.05) is 20.8 Å². The molecular formula is C19H27N3O3. The Balaban J connectivity index is 2.04. The summed E-state index contributed by atoms with van der Waals surface area (Å²) in [5.74, 6) is 1.64. The average molecular weight is 345 g/mol. The molecule has 2 heterocycles. The summed E-state index contributed by atoms with van der Waals surface area (Å²) in [5, 5.41) is 9.20. The molecule has 2 aromatic rings. The Bertz CT molecular complexity index is 770. The lowest BCUT2D eigenvalue weighted by Gasteiger charge is -2.26. The van der Waals surface area contributed by atoms with Gasteiger partial charge < -0.3 is 14.4 Å². The number of ether oxygens (including phenoxy) is 1. The number of nitrogens with zero attached hydrogens (tertiary/aromatic N) is 3. The van der Waals surface area contributed by atoms with Gasteiger partial charge in [0, 0.05) is 37.9 Å². The van der Waals surface area contributed by atoms with Crippen LogP contribution in [0.1, 0.15) is 39.4 Å². The standard InChI is InChI=1S/C19H27N3O3/c1-19(2,3)17-20-15-11-14(21(4)18(23)24)5-6-16(15)22(17)12-13-7-9-25-10-8-13/h5-6,11,13H,7-10,12H2,1-4H3,(H,23,24). The number of carboxylic acid groups (broad SMARTS) is 1. The summed E-state index contributed by atoms with van der Waals surface area (Å²) in [6.45, 7) is 9.09. The maximum Gasteiger partial charge on any atom is 0.411 e. The Labute approximate surface area is 148 Å². The number of rotatable bonds is 3. The lowest BCUT2D eigenvalue weighted by molar-refractivity contribution is 0.0611. The van der Waals surface area contributed by atoms with E-state index in [-0.39, 0.29) is 5.41 Å². The molecule has 0 unspecified atom stereocenters. The van der Waals surface area contributed by atoms with Gasteiger partial charge in [-0.15, -0.1) is 0 Å². The van der Waals surface area contributed by atoms with Gasteiger partial charge in [0.2, 0.25) is 0 Å². The number of hydrogen-bond acceptors (Lipinski definition) is 3. The minimum Gasteiger partial charge on any atom is -0.465 e. The highest BCUT2D eigenvalue weighted by Crippen LogP contribution is 2.31. The Hall–Kier alpha value is -2.08. The number of anilines is 1. The van der Waals surface area contributed by atoms with Crippen molar-refractivity contribution >= 4 is 22.8 Å². The van der Waals surface area contributed by atoms with Crippen molar-refractivity contribution in [2.24, 2.45) is 5.92 Å². The van der Waals surface area contributed by atoms with Crippen LogP contribution in [-0.4, -0.2) is 41.0 Å². The van der Waals surface area contributed by atoms with E-state index in [2.05, 4.69) is 25.3 Å². The number of benzene rings is 1. The summed E-state index contributed by atoms with van der Waals surface area (Å²) < 4.78 is 7.80. The molecule has 3 rings (SSSR count). The molecule has 1 fully saturated rings. The molecule has 1 amide bonds. The smallest absolute Gasteiger partial charge is 0.411 e. The monoisotopic (exact) mass is 345 g/mol. The van der Waals surface area contributed by atoms with Crippen molar-refractivity contribution in [1.82, 2.24) is 9.55 Å². The molecule has 1 N–H and O–H groups in total. The van der Waals surface area contributed by atoms with E-state index in [0.717, 1.165) is 49.5 Å². The number of hydrogen-bond donors (Lipinski definition) is 1. The number of aromatic nitrogens is 2. The number of fused-ring (bicyclic) bond motifs is 1. The molecule has 0 aliphatic carbocycles. The van der Waals surface area contributed by atoms with Gasteiger partial charge in [0.15, 0.2) is 0 Å². The second-order valence-electron chi connectivity index (χ2n) is 7.87. The van der Waals surface area contributed by atoms with Gasteiger partial charge in [-0.25, -0.2) is 9.78 Å². The van der Waals surface area contributed by atoms with Gasteiger partial charge in [-0.3, -0.25) is 4.90 Å². The first-order valence-corrected chi connectivity index (χ1v) is 8.82. The molecule has 0 spiro atoms. The second-order valence-corrected chi connectivity index (χ2v) is 7.87. The van der Waals surface area contributed by atoms with Gasteiger partial charge in [0.05, 0.1) is 11.0 Å². The quantitative estimate of drug-likeness (QED) is 0.917. The van der Waals surface area contributed by atoms with Gasteiger partial charge in [-0.05, 0) is 37.0 Å². The fourth-order valence-electron chi connectivity index (χ4n) is 3.38. The Morgan fingerprint density at radius 3 is 2.64 bits per heavy atom. The Morgan fingerprint density at radius 2 is 2.04 bits per heavy atom. The first-order chi connectivity index (χ1) is 11.8. The van der Waals surface area contributed by atoms with Crippen LogP contribution in [0.2, 0.25) is 0 Å². The van der Waals surface area contributed by atoms with E-state index >= 15 is 0 Å². The van der Waals surface area contributed by atoms with Gasteiger partial charge in [0.1, 0.15) is 5.82 Å². The van der Waals surface area contributed by atoms with Gasteiger partial charge in [0.25, 0.3) is 0 Å². The molecule has 1 saturated heterocycles. The molecule has 0 radical (unpaired) electrons. The molecule has 1 aromatic carbocycles. The van der Waals surface area contributed by atoms with E-state index in [0.29, 0.717) is 11.6 Å². The third-order valence-corrected chi connectivity index (χ3v) is 4.86. The molecule has 6 heteroatoms. The summed E-state index contributed by atoms with van der Waals surface area (Å²) in [4.78, 5) is 17.3. The highest BCUT2D eigenvalue weighted by Gasteiger charge is 2.25. The molecule has 25 heavy (non-hydrogen) atoms. The minimum absolute atomic E-state index is 0.0803. The fourth-order valence-corrected chi connectivity index (χ4v) is 3.38. The van der Waals surface area contributed by atoms with Crippen molar-refractivity contribution in [2.75, 3.05) is 25.2 Å². The van der Waals surface area contributed by atoms with Crippen molar-refractivity contribution < 1.29 is 14.6 Å². The van der Waals surface area contributed by atoms with E-state index in [1.165, 1.54) is 4.90 Å². The first kappa shape index (κ1) is 17.7. The highest BCUT2D eigenvalue weighted by molar-refractivity contribution is 5.89. The summed E-state index contributed by atoms with van der Waals surface area (Å²) >= 11 is 0. The zero-order valence-electron chi connectivity index (χ0n) is 15.5. The summed E-state index contributed by atoms with van der Waals surface area (Å²) in [7, 11) is 1.55. The normalized spacial score (nSPS) is 16.3. The number of carbonyl (C=O) groups is 1. The Kier molecular flexibility index (Phi) is 4.73. The van der Waals surface area contributed by atoms with E-state index < -0.39 is 6.09 Å².